The Bertz CT molecular complexity index is 1510. The molecule has 0 saturated heterocycles. The van der Waals surface area contributed by atoms with Crippen molar-refractivity contribution in [3.63, 3.8) is 0 Å². The molecule has 5 nitrogen and oxygen atoms in total. The number of nitrogens with zero attached hydrogens (tertiary/aromatic N) is 3. The highest BCUT2D eigenvalue weighted by molar-refractivity contribution is 5.84. The molecule has 0 saturated carbocycles. The third-order valence-corrected chi connectivity index (χ3v) is 7.78. The van der Waals surface area contributed by atoms with Crippen LogP contribution in [0.3, 0.4) is 0 Å². The fourth-order valence-electron chi connectivity index (χ4n) is 5.36. The van der Waals surface area contributed by atoms with E-state index in [-0.39, 0.29) is 23.1 Å². The molecule has 3 aromatic carbocycles. The molecule has 230 valence electrons. The number of halogens is 4. The summed E-state index contributed by atoms with van der Waals surface area (Å²) in [6, 6.07) is 18.8. The molecule has 4 aromatic rings. The number of amides is 1. The Kier molecular flexibility index (Phi) is 11.0. The number of aryl methyl sites for hydroxylation is 1. The number of fused-ring (bicyclic) bond motifs is 1. The van der Waals surface area contributed by atoms with Gasteiger partial charge in [0.15, 0.2) is 0 Å². The van der Waals surface area contributed by atoms with Crippen LogP contribution in [0, 0.1) is 0 Å². The van der Waals surface area contributed by atoms with Crippen molar-refractivity contribution in [3.8, 4) is 16.9 Å². The number of benzene rings is 3. The Morgan fingerprint density at radius 1 is 0.977 bits per heavy atom. The highest BCUT2D eigenvalue weighted by atomic mass is 19.4. The third kappa shape index (κ3) is 8.66. The zero-order chi connectivity index (χ0) is 31.0. The molecule has 1 N–H and O–H groups in total. The van der Waals surface area contributed by atoms with Gasteiger partial charge in [-0.05, 0) is 105 Å². The van der Waals surface area contributed by atoms with E-state index in [0.29, 0.717) is 25.0 Å². The summed E-state index contributed by atoms with van der Waals surface area (Å²) < 4.78 is 56.0. The number of carbonyl (C=O) groups excluding carboxylic acids is 1. The van der Waals surface area contributed by atoms with Crippen molar-refractivity contribution >= 4 is 16.7 Å². The van der Waals surface area contributed by atoms with Crippen LogP contribution < -0.4 is 5.32 Å². The van der Waals surface area contributed by atoms with Crippen LogP contribution >= 0.6 is 0 Å². The summed E-state index contributed by atoms with van der Waals surface area (Å²) in [6.07, 6.45) is -1.37. The summed E-state index contributed by atoms with van der Waals surface area (Å²) in [6.45, 7) is 8.32. The Labute approximate surface area is 250 Å². The number of hydrogen-bond acceptors (Lipinski definition) is 3. The Morgan fingerprint density at radius 3 is 2.42 bits per heavy atom. The van der Waals surface area contributed by atoms with E-state index in [4.69, 9.17) is 0 Å². The summed E-state index contributed by atoms with van der Waals surface area (Å²) in [7, 11) is 0. The third-order valence-electron chi connectivity index (χ3n) is 7.78. The number of carbonyl (C=O) groups is 1. The van der Waals surface area contributed by atoms with E-state index in [1.807, 2.05) is 49.4 Å². The minimum atomic E-state index is -4.61. The number of alkyl halides is 4. The monoisotopic (exact) mass is 596 g/mol. The largest absolute Gasteiger partial charge is 0.416 e. The van der Waals surface area contributed by atoms with Crippen LogP contribution in [0.4, 0.5) is 17.6 Å². The molecule has 4 rings (SSSR count). The first-order valence-electron chi connectivity index (χ1n) is 15.0. The van der Waals surface area contributed by atoms with Crippen molar-refractivity contribution in [3.05, 3.63) is 83.6 Å². The summed E-state index contributed by atoms with van der Waals surface area (Å²) in [5.74, 6) is -0.0298. The van der Waals surface area contributed by atoms with E-state index >= 15 is 0 Å². The highest BCUT2D eigenvalue weighted by Crippen LogP contribution is 2.34. The lowest BCUT2D eigenvalue weighted by Crippen LogP contribution is -2.33. The van der Waals surface area contributed by atoms with Crippen LogP contribution in [0.2, 0.25) is 0 Å². The predicted molar refractivity (Wildman–Crippen MR) is 164 cm³/mol. The molecule has 0 radical (unpaired) electrons. The maximum atomic E-state index is 13.6. The highest BCUT2D eigenvalue weighted by Gasteiger charge is 2.31. The zero-order valence-corrected chi connectivity index (χ0v) is 25.1. The molecule has 0 fully saturated rings. The van der Waals surface area contributed by atoms with Crippen LogP contribution in [-0.2, 0) is 24.1 Å². The molecule has 43 heavy (non-hydrogen) atoms. The van der Waals surface area contributed by atoms with Crippen molar-refractivity contribution in [2.45, 2.75) is 71.8 Å². The average Bonchev–Trinajstić information content (AvgIpc) is 3.42. The maximum absolute atomic E-state index is 13.6. The average molecular weight is 597 g/mol. The van der Waals surface area contributed by atoms with Gasteiger partial charge in [0, 0.05) is 23.7 Å². The second-order valence-corrected chi connectivity index (χ2v) is 11.0. The second kappa shape index (κ2) is 14.6. The fraction of sp³-hybridized carbons (Fsp3) is 0.412. The molecule has 1 heterocycles. The van der Waals surface area contributed by atoms with Crippen LogP contribution in [-0.4, -0.2) is 46.3 Å². The van der Waals surface area contributed by atoms with Gasteiger partial charge in [-0.2, -0.15) is 18.3 Å². The van der Waals surface area contributed by atoms with E-state index in [2.05, 4.69) is 29.2 Å². The molecule has 9 heteroatoms. The predicted octanol–water partition coefficient (Wildman–Crippen LogP) is 8.13. The van der Waals surface area contributed by atoms with Crippen molar-refractivity contribution in [2.75, 3.05) is 19.6 Å². The van der Waals surface area contributed by atoms with Gasteiger partial charge in [-0.15, -0.1) is 0 Å². The standard InChI is InChI=1S/C34H40F4N4O/c1-4-41(5-2)17-9-10-24(3)39-33(43)14-8-13-30-22-32(28-18-25(23-35)19-29(20-28)34(36,37)38)40-42(30)31-16-15-26-11-6-7-12-27(26)21-31/h6-7,11-12,15-16,18-22,24H,4-5,8-10,13-14,17,23H2,1-3H3,(H,39,43). The normalized spacial score (nSPS) is 12.7. The lowest BCUT2D eigenvalue weighted by atomic mass is 10.0. The topological polar surface area (TPSA) is 50.2 Å². The fourth-order valence-corrected chi connectivity index (χ4v) is 5.36. The second-order valence-electron chi connectivity index (χ2n) is 11.0. The van der Waals surface area contributed by atoms with E-state index in [0.717, 1.165) is 66.8 Å². The zero-order valence-electron chi connectivity index (χ0n) is 25.1. The first kappa shape index (κ1) is 32.2. The van der Waals surface area contributed by atoms with Crippen molar-refractivity contribution in [1.82, 2.24) is 20.0 Å². The van der Waals surface area contributed by atoms with Gasteiger partial charge < -0.3 is 10.2 Å². The Morgan fingerprint density at radius 2 is 1.72 bits per heavy atom. The summed E-state index contributed by atoms with van der Waals surface area (Å²) in [5.41, 5.74) is 1.04. The molecular formula is C34H40F4N4O. The lowest BCUT2D eigenvalue weighted by Gasteiger charge is -2.19. The first-order valence-corrected chi connectivity index (χ1v) is 15.0. The van der Waals surface area contributed by atoms with E-state index in [1.165, 1.54) is 6.07 Å². The molecule has 0 aliphatic carbocycles. The van der Waals surface area contributed by atoms with Gasteiger partial charge in [0.1, 0.15) is 6.67 Å². The number of aromatic nitrogens is 2. The van der Waals surface area contributed by atoms with Crippen LogP contribution in [0.15, 0.2) is 66.7 Å². The SMILES string of the molecule is CCN(CC)CCCC(C)NC(=O)CCCc1cc(-c2cc(CF)cc(C(F)(F)F)c2)nn1-c1ccc2ccccc2c1. The number of rotatable bonds is 14. The molecule has 1 atom stereocenters. The molecule has 0 spiro atoms. The molecule has 0 bridgehead atoms. The van der Waals surface area contributed by atoms with Gasteiger partial charge in [-0.1, -0.05) is 44.2 Å². The Balaban J connectivity index is 1.53. The molecular weight excluding hydrogens is 556 g/mol. The van der Waals surface area contributed by atoms with Crippen molar-refractivity contribution in [2.24, 2.45) is 0 Å². The minimum Gasteiger partial charge on any atom is -0.354 e. The van der Waals surface area contributed by atoms with Crippen molar-refractivity contribution < 1.29 is 22.4 Å². The van der Waals surface area contributed by atoms with Gasteiger partial charge in [0.05, 0.1) is 16.9 Å². The van der Waals surface area contributed by atoms with Crippen LogP contribution in [0.5, 0.6) is 0 Å². The molecule has 1 aromatic heterocycles. The Hall–Kier alpha value is -3.72. The molecule has 1 unspecified atom stereocenters. The van der Waals surface area contributed by atoms with Gasteiger partial charge >= 0.3 is 6.18 Å². The summed E-state index contributed by atoms with van der Waals surface area (Å²) in [5, 5.41) is 9.82. The van der Waals surface area contributed by atoms with Gasteiger partial charge in [-0.3, -0.25) is 4.79 Å². The van der Waals surface area contributed by atoms with Gasteiger partial charge in [0.2, 0.25) is 5.91 Å². The quantitative estimate of drug-likeness (QED) is 0.150. The lowest BCUT2D eigenvalue weighted by molar-refractivity contribution is -0.137. The summed E-state index contributed by atoms with van der Waals surface area (Å²) in [4.78, 5) is 15.1. The first-order chi connectivity index (χ1) is 20.6. The minimum absolute atomic E-state index is 0.0298. The number of hydrogen-bond donors (Lipinski definition) is 1. The molecule has 1 amide bonds. The van der Waals surface area contributed by atoms with E-state index in [1.54, 1.807) is 10.7 Å². The molecule has 0 aliphatic heterocycles. The van der Waals surface area contributed by atoms with Crippen molar-refractivity contribution in [1.29, 1.82) is 0 Å². The van der Waals surface area contributed by atoms with Crippen LogP contribution in [0.25, 0.3) is 27.7 Å². The molecule has 0 aliphatic rings. The van der Waals surface area contributed by atoms with Gasteiger partial charge in [0.25, 0.3) is 0 Å². The summed E-state index contributed by atoms with van der Waals surface area (Å²) >= 11 is 0. The smallest absolute Gasteiger partial charge is 0.354 e. The van der Waals surface area contributed by atoms with Gasteiger partial charge in [-0.25, -0.2) is 9.07 Å². The van der Waals surface area contributed by atoms with E-state index < -0.39 is 18.4 Å². The maximum Gasteiger partial charge on any atom is 0.416 e. The van der Waals surface area contributed by atoms with Crippen LogP contribution in [0.1, 0.15) is 63.3 Å². The number of nitrogens with one attached hydrogen (secondary N) is 1. The van der Waals surface area contributed by atoms with E-state index in [9.17, 15) is 22.4 Å².